The minimum absolute atomic E-state index is 0.00500. The fourth-order valence-corrected chi connectivity index (χ4v) is 1.60. The number of rotatable bonds is 5. The Hall–Kier alpha value is -2.23. The molecule has 18 heavy (non-hydrogen) atoms. The van der Waals surface area contributed by atoms with Crippen LogP contribution >= 0.6 is 11.9 Å². The van der Waals surface area contributed by atoms with Gasteiger partial charge >= 0.3 is 5.97 Å². The molecular weight excluding hydrogens is 260 g/mol. The molecule has 94 valence electrons. The van der Waals surface area contributed by atoms with Crippen LogP contribution in [0.1, 0.15) is 6.42 Å². The van der Waals surface area contributed by atoms with Crippen molar-refractivity contribution < 1.29 is 9.90 Å². The van der Waals surface area contributed by atoms with Crippen molar-refractivity contribution >= 4 is 35.0 Å². The highest BCUT2D eigenvalue weighted by Crippen LogP contribution is 2.14. The second kappa shape index (κ2) is 5.40. The third-order valence-electron chi connectivity index (χ3n) is 1.88. The second-order valence-electron chi connectivity index (χ2n) is 3.15. The van der Waals surface area contributed by atoms with Gasteiger partial charge in [-0.1, -0.05) is 0 Å². The molecule has 3 N–H and O–H groups in total. The van der Waals surface area contributed by atoms with Gasteiger partial charge in [-0.05, 0) is 11.9 Å². The summed E-state index contributed by atoms with van der Waals surface area (Å²) in [7, 11) is 0. The lowest BCUT2D eigenvalue weighted by Crippen LogP contribution is -2.05. The first-order chi connectivity index (χ1) is 8.66. The van der Waals surface area contributed by atoms with E-state index in [9.17, 15) is 9.59 Å². The SMILES string of the molecule is O=C(O)CCS/N=N/c1nc2nc[nH]c(=O)c2[nH]1. The molecule has 2 rings (SSSR count). The van der Waals surface area contributed by atoms with Crippen molar-refractivity contribution in [2.75, 3.05) is 5.75 Å². The number of carboxylic acid groups (broad SMARTS) is 1. The molecule has 9 nitrogen and oxygen atoms in total. The zero-order valence-corrected chi connectivity index (χ0v) is 9.77. The summed E-state index contributed by atoms with van der Waals surface area (Å²) in [5.41, 5.74) is 0.137. The van der Waals surface area contributed by atoms with E-state index in [2.05, 4.69) is 29.6 Å². The Morgan fingerprint density at radius 2 is 2.39 bits per heavy atom. The zero-order chi connectivity index (χ0) is 13.0. The highest BCUT2D eigenvalue weighted by molar-refractivity contribution is 7.97. The average molecular weight is 268 g/mol. The van der Waals surface area contributed by atoms with Crippen molar-refractivity contribution in [1.29, 1.82) is 0 Å². The molecule has 0 fully saturated rings. The van der Waals surface area contributed by atoms with Gasteiger partial charge in [0, 0.05) is 5.75 Å². The maximum absolute atomic E-state index is 11.3. The van der Waals surface area contributed by atoms with Crippen molar-refractivity contribution in [1.82, 2.24) is 19.9 Å². The van der Waals surface area contributed by atoms with Crippen LogP contribution in [-0.2, 0) is 4.79 Å². The van der Waals surface area contributed by atoms with Crippen molar-refractivity contribution in [3.63, 3.8) is 0 Å². The van der Waals surface area contributed by atoms with Crippen molar-refractivity contribution in [2.45, 2.75) is 6.42 Å². The summed E-state index contributed by atoms with van der Waals surface area (Å²) in [4.78, 5) is 34.4. The van der Waals surface area contributed by atoms with Gasteiger partial charge in [0.1, 0.15) is 0 Å². The van der Waals surface area contributed by atoms with E-state index >= 15 is 0 Å². The summed E-state index contributed by atoms with van der Waals surface area (Å²) in [6, 6.07) is 0. The lowest BCUT2D eigenvalue weighted by atomic mass is 10.5. The molecular formula is C8H8N6O3S. The van der Waals surface area contributed by atoms with Crippen LogP contribution < -0.4 is 5.56 Å². The third kappa shape index (κ3) is 2.91. The molecule has 0 aliphatic carbocycles. The van der Waals surface area contributed by atoms with Crippen LogP contribution in [0.4, 0.5) is 5.95 Å². The predicted octanol–water partition coefficient (Wildman–Crippen LogP) is 0.853. The molecule has 0 saturated carbocycles. The first-order valence-corrected chi connectivity index (χ1v) is 5.79. The molecule has 10 heteroatoms. The number of carbonyl (C=O) groups is 1. The van der Waals surface area contributed by atoms with Crippen LogP contribution in [0.2, 0.25) is 0 Å². The van der Waals surface area contributed by atoms with E-state index in [4.69, 9.17) is 5.11 Å². The Kier molecular flexibility index (Phi) is 3.67. The number of aromatic amines is 2. The molecule has 0 bridgehead atoms. The molecule has 0 aliphatic heterocycles. The Balaban J connectivity index is 2.04. The Labute approximate surface area is 104 Å². The lowest BCUT2D eigenvalue weighted by Gasteiger charge is -1.87. The molecule has 0 spiro atoms. The Bertz CT molecular complexity index is 648. The monoisotopic (exact) mass is 268 g/mol. The van der Waals surface area contributed by atoms with Gasteiger partial charge in [0.25, 0.3) is 5.56 Å². The molecule has 0 aromatic carbocycles. The van der Waals surface area contributed by atoms with Gasteiger partial charge in [0.2, 0.25) is 5.95 Å². The van der Waals surface area contributed by atoms with Crippen molar-refractivity contribution in [2.24, 2.45) is 9.63 Å². The van der Waals surface area contributed by atoms with Gasteiger partial charge in [-0.3, -0.25) is 9.59 Å². The van der Waals surface area contributed by atoms with Crippen LogP contribution in [-0.4, -0.2) is 36.8 Å². The molecule has 0 radical (unpaired) electrons. The number of hydrogen-bond acceptors (Lipinski definition) is 7. The first kappa shape index (κ1) is 12.2. The highest BCUT2D eigenvalue weighted by atomic mass is 32.2. The normalized spacial score (nSPS) is 11.3. The van der Waals surface area contributed by atoms with Crippen LogP contribution in [0.15, 0.2) is 20.8 Å². The van der Waals surface area contributed by atoms with E-state index in [0.29, 0.717) is 5.75 Å². The standard InChI is InChI=1S/C8H8N6O3S/c15-4(16)1-2-18-14-13-8-11-5-6(12-8)9-3-10-7(5)17/h3H,1-2H2,(H,15,16)(H2,9,10,11,12,17)/b14-13+. The van der Waals surface area contributed by atoms with E-state index in [1.807, 2.05) is 0 Å². The predicted molar refractivity (Wildman–Crippen MR) is 63.7 cm³/mol. The van der Waals surface area contributed by atoms with E-state index < -0.39 is 5.97 Å². The van der Waals surface area contributed by atoms with Gasteiger partial charge in [-0.15, -0.1) is 9.63 Å². The minimum atomic E-state index is -0.892. The number of aliphatic carboxylic acids is 1. The smallest absolute Gasteiger partial charge is 0.304 e. The average Bonchev–Trinajstić information content (AvgIpc) is 2.72. The zero-order valence-electron chi connectivity index (χ0n) is 8.95. The fourth-order valence-electron chi connectivity index (χ4n) is 1.12. The second-order valence-corrected chi connectivity index (χ2v) is 3.98. The largest absolute Gasteiger partial charge is 0.481 e. The van der Waals surface area contributed by atoms with Gasteiger partial charge in [0.15, 0.2) is 11.2 Å². The first-order valence-electron chi connectivity index (χ1n) is 4.85. The van der Waals surface area contributed by atoms with Gasteiger partial charge < -0.3 is 15.1 Å². The quantitative estimate of drug-likeness (QED) is 0.417. The van der Waals surface area contributed by atoms with E-state index in [-0.39, 0.29) is 29.1 Å². The number of nitrogens with zero attached hydrogens (tertiary/aromatic N) is 4. The molecule has 0 amide bonds. The lowest BCUT2D eigenvalue weighted by molar-refractivity contribution is -0.136. The van der Waals surface area contributed by atoms with E-state index in [1.54, 1.807) is 0 Å². The molecule has 0 unspecified atom stereocenters. The molecule has 2 aromatic heterocycles. The summed E-state index contributed by atoms with van der Waals surface area (Å²) < 4.78 is 3.68. The highest BCUT2D eigenvalue weighted by Gasteiger charge is 2.05. The molecule has 0 aliphatic rings. The summed E-state index contributed by atoms with van der Waals surface area (Å²) >= 11 is 1.00. The van der Waals surface area contributed by atoms with Crippen LogP contribution in [0.5, 0.6) is 0 Å². The number of imidazole rings is 1. The number of nitrogens with one attached hydrogen (secondary N) is 2. The Morgan fingerprint density at radius 1 is 1.56 bits per heavy atom. The number of H-pyrrole nitrogens is 2. The van der Waals surface area contributed by atoms with Crippen LogP contribution in [0, 0.1) is 0 Å². The molecule has 2 aromatic rings. The van der Waals surface area contributed by atoms with Gasteiger partial charge in [0.05, 0.1) is 12.7 Å². The topological polar surface area (TPSA) is 136 Å². The van der Waals surface area contributed by atoms with Crippen LogP contribution in [0.3, 0.4) is 0 Å². The Morgan fingerprint density at radius 3 is 3.11 bits per heavy atom. The number of hydrogen-bond donors (Lipinski definition) is 3. The fraction of sp³-hybridized carbons (Fsp3) is 0.250. The molecule has 2 heterocycles. The minimum Gasteiger partial charge on any atom is -0.481 e. The summed E-state index contributed by atoms with van der Waals surface area (Å²) in [6.45, 7) is 0. The number of carboxylic acids is 1. The van der Waals surface area contributed by atoms with E-state index in [1.165, 1.54) is 6.33 Å². The van der Waals surface area contributed by atoms with Crippen LogP contribution in [0.25, 0.3) is 11.2 Å². The van der Waals surface area contributed by atoms with Crippen molar-refractivity contribution in [3.8, 4) is 0 Å². The van der Waals surface area contributed by atoms with E-state index in [0.717, 1.165) is 11.9 Å². The molecule has 0 saturated heterocycles. The summed E-state index contributed by atoms with van der Waals surface area (Å²) in [6.07, 6.45) is 1.25. The van der Waals surface area contributed by atoms with Gasteiger partial charge in [-0.25, -0.2) is 4.98 Å². The van der Waals surface area contributed by atoms with Gasteiger partial charge in [-0.2, -0.15) is 4.98 Å². The number of fused-ring (bicyclic) bond motifs is 1. The maximum atomic E-state index is 11.3. The summed E-state index contributed by atoms with van der Waals surface area (Å²) in [5, 5.41) is 12.1. The summed E-state index contributed by atoms with van der Waals surface area (Å²) in [5.74, 6) is -0.424. The third-order valence-corrected chi connectivity index (χ3v) is 2.47. The maximum Gasteiger partial charge on any atom is 0.304 e. The molecule has 0 atom stereocenters. The van der Waals surface area contributed by atoms with Crippen molar-refractivity contribution in [3.05, 3.63) is 16.7 Å². The number of aromatic nitrogens is 4.